The number of hydrogen-bond acceptors (Lipinski definition) is 5. The van der Waals surface area contributed by atoms with E-state index in [0.29, 0.717) is 0 Å². The normalized spacial score (nSPS) is 12.6. The van der Waals surface area contributed by atoms with Crippen LogP contribution < -0.4 is 5.73 Å². The number of sulfone groups is 2. The highest BCUT2D eigenvalue weighted by atomic mass is 32.2. The molecule has 0 unspecified atom stereocenters. The Labute approximate surface area is 99.3 Å². The first kappa shape index (κ1) is 13.9. The van der Waals surface area contributed by atoms with E-state index in [-0.39, 0.29) is 10.6 Å². The lowest BCUT2D eigenvalue weighted by atomic mass is 10.3. The van der Waals surface area contributed by atoms with Gasteiger partial charge in [0.15, 0.2) is 9.84 Å². The Morgan fingerprint density at radius 1 is 1.18 bits per heavy atom. The Balaban J connectivity index is 3.02. The van der Waals surface area contributed by atoms with Crippen molar-refractivity contribution in [3.05, 3.63) is 24.0 Å². The summed E-state index contributed by atoms with van der Waals surface area (Å²) in [6.07, 6.45) is 0.937. The molecular formula is C9H12FNO4S2. The van der Waals surface area contributed by atoms with Crippen molar-refractivity contribution in [1.82, 2.24) is 0 Å². The lowest BCUT2D eigenvalue weighted by molar-refractivity contribution is 0.587. The smallest absolute Gasteiger partial charge is 0.179 e. The monoisotopic (exact) mass is 281 g/mol. The van der Waals surface area contributed by atoms with Crippen LogP contribution in [-0.4, -0.2) is 34.6 Å². The Bertz CT molecular complexity index is 622. The maximum atomic E-state index is 13.1. The maximum absolute atomic E-state index is 13.1. The standard InChI is InChI=1S/C9H12FNO4S2/c1-16(12,13)4-5-17(14,15)7-2-3-9(11)8(10)6-7/h2-3,6H,4-5,11H2,1H3. The Kier molecular flexibility index (Phi) is 3.78. The molecule has 2 N–H and O–H groups in total. The van der Waals surface area contributed by atoms with E-state index in [1.54, 1.807) is 0 Å². The summed E-state index contributed by atoms with van der Waals surface area (Å²) < 4.78 is 58.2. The Morgan fingerprint density at radius 2 is 1.76 bits per heavy atom. The molecule has 17 heavy (non-hydrogen) atoms. The third-order valence-corrected chi connectivity index (χ3v) is 4.97. The van der Waals surface area contributed by atoms with E-state index in [2.05, 4.69) is 0 Å². The molecule has 0 aliphatic rings. The van der Waals surface area contributed by atoms with Gasteiger partial charge in [-0.05, 0) is 18.2 Å². The maximum Gasteiger partial charge on any atom is 0.179 e. The lowest BCUT2D eigenvalue weighted by Crippen LogP contribution is -2.16. The van der Waals surface area contributed by atoms with Gasteiger partial charge in [0.05, 0.1) is 22.1 Å². The molecule has 8 heteroatoms. The van der Waals surface area contributed by atoms with Gasteiger partial charge in [0.25, 0.3) is 0 Å². The SMILES string of the molecule is CS(=O)(=O)CCS(=O)(=O)c1ccc(N)c(F)c1. The van der Waals surface area contributed by atoms with Crippen LogP contribution in [-0.2, 0) is 19.7 Å². The highest BCUT2D eigenvalue weighted by Gasteiger charge is 2.18. The van der Waals surface area contributed by atoms with E-state index in [4.69, 9.17) is 5.73 Å². The molecule has 0 saturated heterocycles. The van der Waals surface area contributed by atoms with Crippen LogP contribution in [0.4, 0.5) is 10.1 Å². The molecule has 96 valence electrons. The first-order valence-corrected chi connectivity index (χ1v) is 8.28. The van der Waals surface area contributed by atoms with Crippen LogP contribution in [0.25, 0.3) is 0 Å². The van der Waals surface area contributed by atoms with Crippen molar-refractivity contribution in [2.45, 2.75) is 4.90 Å². The van der Waals surface area contributed by atoms with E-state index >= 15 is 0 Å². The fraction of sp³-hybridized carbons (Fsp3) is 0.333. The number of anilines is 1. The summed E-state index contributed by atoms with van der Waals surface area (Å²) in [7, 11) is -7.19. The zero-order valence-corrected chi connectivity index (χ0v) is 10.7. The van der Waals surface area contributed by atoms with Crippen LogP contribution in [0.1, 0.15) is 0 Å². The van der Waals surface area contributed by atoms with E-state index in [1.807, 2.05) is 0 Å². The van der Waals surface area contributed by atoms with Crippen LogP contribution >= 0.6 is 0 Å². The van der Waals surface area contributed by atoms with Gasteiger partial charge in [0.1, 0.15) is 15.7 Å². The van der Waals surface area contributed by atoms with Crippen LogP contribution in [0.3, 0.4) is 0 Å². The first-order valence-electron chi connectivity index (χ1n) is 4.57. The molecule has 0 spiro atoms. The average Bonchev–Trinajstić information content (AvgIpc) is 2.18. The summed E-state index contributed by atoms with van der Waals surface area (Å²) >= 11 is 0. The molecule has 0 amide bonds. The highest BCUT2D eigenvalue weighted by molar-refractivity contribution is 7.94. The van der Waals surface area contributed by atoms with Crippen molar-refractivity contribution in [1.29, 1.82) is 0 Å². The van der Waals surface area contributed by atoms with Crippen LogP contribution in [0.5, 0.6) is 0 Å². The van der Waals surface area contributed by atoms with Crippen molar-refractivity contribution in [2.24, 2.45) is 0 Å². The summed E-state index contributed by atoms with van der Waals surface area (Å²) in [6.45, 7) is 0. The van der Waals surface area contributed by atoms with Crippen molar-refractivity contribution in [2.75, 3.05) is 23.5 Å². The largest absolute Gasteiger partial charge is 0.396 e. The van der Waals surface area contributed by atoms with Crippen LogP contribution in [0.2, 0.25) is 0 Å². The molecule has 0 bridgehead atoms. The molecule has 0 radical (unpaired) electrons. The van der Waals surface area contributed by atoms with Gasteiger partial charge in [-0.15, -0.1) is 0 Å². The second kappa shape index (κ2) is 4.61. The summed E-state index contributed by atoms with van der Waals surface area (Å²) in [6, 6.07) is 3.06. The molecule has 5 nitrogen and oxygen atoms in total. The lowest BCUT2D eigenvalue weighted by Gasteiger charge is -2.04. The summed E-state index contributed by atoms with van der Waals surface area (Å²) in [5.41, 5.74) is 5.05. The van der Waals surface area contributed by atoms with Gasteiger partial charge in [-0.1, -0.05) is 0 Å². The Hall–Kier alpha value is -1.15. The molecule has 0 heterocycles. The zero-order valence-electron chi connectivity index (χ0n) is 9.05. The number of hydrogen-bond donors (Lipinski definition) is 1. The highest BCUT2D eigenvalue weighted by Crippen LogP contribution is 2.17. The molecule has 1 rings (SSSR count). The van der Waals surface area contributed by atoms with Crippen molar-refractivity contribution >= 4 is 25.4 Å². The zero-order chi connectivity index (χ0) is 13.3. The van der Waals surface area contributed by atoms with E-state index in [1.165, 1.54) is 0 Å². The number of halogens is 1. The van der Waals surface area contributed by atoms with Crippen molar-refractivity contribution in [3.8, 4) is 0 Å². The predicted octanol–water partition coefficient (Wildman–Crippen LogP) is 0.226. The third-order valence-electron chi connectivity index (χ3n) is 2.05. The topological polar surface area (TPSA) is 94.3 Å². The van der Waals surface area contributed by atoms with Gasteiger partial charge >= 0.3 is 0 Å². The molecular weight excluding hydrogens is 269 g/mol. The van der Waals surface area contributed by atoms with E-state index in [9.17, 15) is 21.2 Å². The van der Waals surface area contributed by atoms with E-state index in [0.717, 1.165) is 24.5 Å². The van der Waals surface area contributed by atoms with E-state index < -0.39 is 37.0 Å². The molecule has 0 aromatic heterocycles. The number of nitrogen functional groups attached to an aromatic ring is 1. The summed E-state index contributed by atoms with van der Waals surface area (Å²) in [5.74, 6) is -1.92. The number of nitrogens with two attached hydrogens (primary N) is 1. The minimum Gasteiger partial charge on any atom is -0.396 e. The molecule has 0 fully saturated rings. The molecule has 0 atom stereocenters. The van der Waals surface area contributed by atoms with Gasteiger partial charge in [-0.25, -0.2) is 21.2 Å². The quantitative estimate of drug-likeness (QED) is 0.797. The number of rotatable bonds is 4. The molecule has 1 aromatic rings. The minimum atomic E-state index is -3.81. The van der Waals surface area contributed by atoms with Gasteiger partial charge in [-0.3, -0.25) is 0 Å². The average molecular weight is 281 g/mol. The second-order valence-electron chi connectivity index (χ2n) is 3.63. The fourth-order valence-electron chi connectivity index (χ4n) is 1.08. The van der Waals surface area contributed by atoms with Gasteiger partial charge in [0.2, 0.25) is 0 Å². The van der Waals surface area contributed by atoms with Gasteiger partial charge in [-0.2, -0.15) is 0 Å². The Morgan fingerprint density at radius 3 is 2.24 bits per heavy atom. The molecule has 0 saturated carbocycles. The molecule has 0 aliphatic heterocycles. The first-order chi connectivity index (χ1) is 7.62. The summed E-state index contributed by atoms with van der Waals surface area (Å²) in [5, 5.41) is 0. The molecule has 0 aliphatic carbocycles. The van der Waals surface area contributed by atoms with Crippen LogP contribution in [0.15, 0.2) is 23.1 Å². The number of benzene rings is 1. The predicted molar refractivity (Wildman–Crippen MR) is 62.6 cm³/mol. The molecule has 1 aromatic carbocycles. The van der Waals surface area contributed by atoms with Crippen LogP contribution in [0, 0.1) is 5.82 Å². The van der Waals surface area contributed by atoms with Gasteiger partial charge < -0.3 is 5.73 Å². The fourth-order valence-corrected chi connectivity index (χ4v) is 3.96. The third kappa shape index (κ3) is 3.97. The van der Waals surface area contributed by atoms with Crippen molar-refractivity contribution < 1.29 is 21.2 Å². The minimum absolute atomic E-state index is 0.160. The van der Waals surface area contributed by atoms with Crippen molar-refractivity contribution in [3.63, 3.8) is 0 Å². The summed E-state index contributed by atoms with van der Waals surface area (Å²) in [4.78, 5) is -0.271. The second-order valence-corrected chi connectivity index (χ2v) is 8.00. The van der Waals surface area contributed by atoms with Gasteiger partial charge in [0, 0.05) is 6.26 Å².